The summed E-state index contributed by atoms with van der Waals surface area (Å²) in [5.74, 6) is -0.671. The zero-order valence-corrected chi connectivity index (χ0v) is 23.3. The Bertz CT molecular complexity index is 1580. The first kappa shape index (κ1) is 26.8. The van der Waals surface area contributed by atoms with Crippen molar-refractivity contribution < 1.29 is 23.1 Å². The molecule has 210 valence electrons. The molecule has 0 radical (unpaired) electrons. The predicted molar refractivity (Wildman–Crippen MR) is 147 cm³/mol. The Morgan fingerprint density at radius 3 is 2.38 bits per heavy atom. The maximum absolute atomic E-state index is 13.2. The highest BCUT2D eigenvalue weighted by atomic mass is 32.2. The smallest absolute Gasteiger partial charge is 0.244 e. The monoisotopic (exact) mass is 564 g/mol. The zero-order chi connectivity index (χ0) is 28.2. The van der Waals surface area contributed by atoms with Gasteiger partial charge in [0.1, 0.15) is 6.23 Å². The van der Waals surface area contributed by atoms with Crippen LogP contribution in [0, 0.1) is 0 Å². The van der Waals surface area contributed by atoms with Crippen molar-refractivity contribution in [2.45, 2.75) is 36.6 Å². The lowest BCUT2D eigenvalue weighted by Crippen LogP contribution is -2.51. The van der Waals surface area contributed by atoms with Gasteiger partial charge in [0.25, 0.3) is 0 Å². The van der Waals surface area contributed by atoms with Gasteiger partial charge in [-0.25, -0.2) is 13.4 Å². The molecular formula is C28H32N6O5S. The summed E-state index contributed by atoms with van der Waals surface area (Å²) >= 11 is 0. The maximum atomic E-state index is 13.2. The van der Waals surface area contributed by atoms with Crippen molar-refractivity contribution in [1.29, 1.82) is 0 Å². The van der Waals surface area contributed by atoms with E-state index in [-0.39, 0.29) is 23.1 Å². The van der Waals surface area contributed by atoms with E-state index in [1.165, 1.54) is 4.31 Å². The average molecular weight is 565 g/mol. The van der Waals surface area contributed by atoms with Crippen molar-refractivity contribution in [1.82, 2.24) is 29.0 Å². The van der Waals surface area contributed by atoms with Crippen molar-refractivity contribution in [3.63, 3.8) is 0 Å². The van der Waals surface area contributed by atoms with Gasteiger partial charge in [0, 0.05) is 57.3 Å². The number of rotatable bonds is 5. The summed E-state index contributed by atoms with van der Waals surface area (Å²) in [6.07, 6.45) is 1.39. The van der Waals surface area contributed by atoms with Gasteiger partial charge in [0.2, 0.25) is 21.8 Å². The van der Waals surface area contributed by atoms with Crippen molar-refractivity contribution in [2.75, 3.05) is 33.2 Å². The first-order valence-electron chi connectivity index (χ1n) is 13.3. The number of imide groups is 1. The molecule has 6 rings (SSSR count). The fraction of sp³-hybridized carbons (Fsp3) is 0.393. The van der Waals surface area contributed by atoms with Crippen LogP contribution in [0.15, 0.2) is 53.7 Å². The van der Waals surface area contributed by atoms with Crippen molar-refractivity contribution in [3.8, 4) is 22.5 Å². The van der Waals surface area contributed by atoms with E-state index in [2.05, 4.69) is 15.2 Å². The van der Waals surface area contributed by atoms with Gasteiger partial charge in [-0.05, 0) is 42.8 Å². The Hall–Kier alpha value is -3.42. The highest BCUT2D eigenvalue weighted by Gasteiger charge is 2.40. The topological polar surface area (TPSA) is 128 Å². The van der Waals surface area contributed by atoms with Crippen LogP contribution in [0.3, 0.4) is 0 Å². The minimum absolute atomic E-state index is 0.244. The maximum Gasteiger partial charge on any atom is 0.244 e. The van der Waals surface area contributed by atoms with E-state index < -0.39 is 22.3 Å². The minimum Gasteiger partial charge on any atom is -0.374 e. The molecular weight excluding hydrogens is 532 g/mol. The Balaban J connectivity index is 1.26. The fourth-order valence-electron chi connectivity index (χ4n) is 5.83. The van der Waals surface area contributed by atoms with Gasteiger partial charge in [0.05, 0.1) is 28.7 Å². The first-order chi connectivity index (χ1) is 19.1. The zero-order valence-electron chi connectivity index (χ0n) is 22.4. The SMILES string of the molecule is CN1CCN(S(=O)(=O)c2ccc(-c3c(-c4ccc5c(c4)CN(C4CCC(=O)NC4=O)C5O)ncn3C)cc2)CC1. The van der Waals surface area contributed by atoms with Gasteiger partial charge in [-0.1, -0.05) is 24.3 Å². The molecule has 3 aromatic rings. The number of fused-ring (bicyclic) bond motifs is 1. The lowest BCUT2D eigenvalue weighted by molar-refractivity contribution is -0.141. The number of aliphatic hydroxyl groups excluding tert-OH is 1. The number of hydrogen-bond acceptors (Lipinski definition) is 8. The fourth-order valence-corrected chi connectivity index (χ4v) is 7.25. The number of aryl methyl sites for hydroxylation is 1. The van der Waals surface area contributed by atoms with E-state index in [9.17, 15) is 23.1 Å². The Morgan fingerprint density at radius 2 is 1.68 bits per heavy atom. The molecule has 0 saturated carbocycles. The van der Waals surface area contributed by atoms with Crippen LogP contribution in [-0.2, 0) is 33.2 Å². The summed E-state index contributed by atoms with van der Waals surface area (Å²) in [4.78, 5) is 32.8. The first-order valence-corrected chi connectivity index (χ1v) is 14.8. The Morgan fingerprint density at radius 1 is 0.975 bits per heavy atom. The number of benzene rings is 2. The number of piperidine rings is 1. The lowest BCUT2D eigenvalue weighted by atomic mass is 10.0. The van der Waals surface area contributed by atoms with Crippen LogP contribution < -0.4 is 5.32 Å². The molecule has 2 atom stereocenters. The number of imidazole rings is 1. The largest absolute Gasteiger partial charge is 0.374 e. The molecule has 12 heteroatoms. The number of aromatic nitrogens is 2. The number of nitrogens with one attached hydrogen (secondary N) is 1. The number of nitrogens with zero attached hydrogens (tertiary/aromatic N) is 5. The summed E-state index contributed by atoms with van der Waals surface area (Å²) < 4.78 is 29.8. The summed E-state index contributed by atoms with van der Waals surface area (Å²) in [5, 5.41) is 13.3. The van der Waals surface area contributed by atoms with E-state index in [0.29, 0.717) is 39.1 Å². The molecule has 2 unspecified atom stereocenters. The third-order valence-electron chi connectivity index (χ3n) is 8.14. The molecule has 0 bridgehead atoms. The molecule has 2 saturated heterocycles. The Labute approximate surface area is 233 Å². The van der Waals surface area contributed by atoms with Crippen LogP contribution in [0.5, 0.6) is 0 Å². The van der Waals surface area contributed by atoms with E-state index >= 15 is 0 Å². The molecule has 2 fully saturated rings. The molecule has 3 aliphatic rings. The average Bonchev–Trinajstić information content (AvgIpc) is 3.48. The Kier molecular flexibility index (Phi) is 6.83. The number of sulfonamides is 1. The van der Waals surface area contributed by atoms with Gasteiger partial charge in [-0.15, -0.1) is 0 Å². The van der Waals surface area contributed by atoms with E-state index in [0.717, 1.165) is 33.6 Å². The minimum atomic E-state index is -3.57. The van der Waals surface area contributed by atoms with Gasteiger partial charge in [0.15, 0.2) is 0 Å². The van der Waals surface area contributed by atoms with Crippen molar-refractivity contribution in [2.24, 2.45) is 7.05 Å². The van der Waals surface area contributed by atoms with E-state index in [4.69, 9.17) is 0 Å². The molecule has 0 spiro atoms. The highest BCUT2D eigenvalue weighted by Crippen LogP contribution is 2.39. The molecule has 3 aliphatic heterocycles. The standard InChI is InChI=1S/C28H32N6O5S/c1-31-11-13-33(14-12-31)40(38,39)21-6-3-18(4-7-21)26-25(29-17-32(26)2)19-5-8-22-20(15-19)16-34(28(22)37)23-9-10-24(35)30-27(23)36/h3-8,15,17,23,28,37H,9-14,16H2,1-2H3,(H,30,35,36). The summed E-state index contributed by atoms with van der Waals surface area (Å²) in [6.45, 7) is 2.73. The number of piperazine rings is 1. The summed E-state index contributed by atoms with van der Waals surface area (Å²) in [5.41, 5.74) is 4.86. The van der Waals surface area contributed by atoms with Crippen LogP contribution in [-0.4, -0.2) is 88.3 Å². The van der Waals surface area contributed by atoms with Gasteiger partial charge in [-0.3, -0.25) is 19.8 Å². The number of carbonyl (C=O) groups is 2. The number of likely N-dealkylation sites (N-methyl/N-ethyl adjacent to an activating group) is 1. The van der Waals surface area contributed by atoms with Crippen molar-refractivity contribution in [3.05, 3.63) is 59.9 Å². The third-order valence-corrected chi connectivity index (χ3v) is 10.0. The highest BCUT2D eigenvalue weighted by molar-refractivity contribution is 7.89. The molecule has 2 amide bonds. The molecule has 0 aliphatic carbocycles. The number of aliphatic hydroxyl groups is 1. The van der Waals surface area contributed by atoms with Crippen molar-refractivity contribution >= 4 is 21.8 Å². The molecule has 4 heterocycles. The second-order valence-electron chi connectivity index (χ2n) is 10.7. The number of carbonyl (C=O) groups excluding carboxylic acids is 2. The second-order valence-corrected chi connectivity index (χ2v) is 12.6. The van der Waals surface area contributed by atoms with Crippen LogP contribution in [0.25, 0.3) is 22.5 Å². The number of hydrogen-bond donors (Lipinski definition) is 2. The molecule has 40 heavy (non-hydrogen) atoms. The molecule has 11 nitrogen and oxygen atoms in total. The lowest BCUT2D eigenvalue weighted by Gasteiger charge is -2.31. The third kappa shape index (κ3) is 4.65. The van der Waals surface area contributed by atoms with Gasteiger partial charge >= 0.3 is 0 Å². The van der Waals surface area contributed by atoms with Crippen LogP contribution in [0.4, 0.5) is 0 Å². The second kappa shape index (κ2) is 10.2. The van der Waals surface area contributed by atoms with Gasteiger partial charge in [-0.2, -0.15) is 4.31 Å². The van der Waals surface area contributed by atoms with Crippen LogP contribution in [0.2, 0.25) is 0 Å². The normalized spacial score (nSPS) is 22.9. The summed E-state index contributed by atoms with van der Waals surface area (Å²) in [7, 11) is 0.311. The molecule has 2 aromatic carbocycles. The molecule has 1 aromatic heterocycles. The van der Waals surface area contributed by atoms with E-state index in [1.807, 2.05) is 49.0 Å². The molecule has 2 N–H and O–H groups in total. The van der Waals surface area contributed by atoms with Crippen LogP contribution in [0.1, 0.15) is 30.2 Å². The van der Waals surface area contributed by atoms with Crippen LogP contribution >= 0.6 is 0 Å². The van der Waals surface area contributed by atoms with E-state index in [1.54, 1.807) is 23.4 Å². The van der Waals surface area contributed by atoms with Gasteiger partial charge < -0.3 is 14.6 Å². The quantitative estimate of drug-likeness (QED) is 0.444. The summed E-state index contributed by atoms with van der Waals surface area (Å²) in [6, 6.07) is 12.1. The predicted octanol–water partition coefficient (Wildman–Crippen LogP) is 1.30. The number of amides is 2.